The maximum absolute atomic E-state index is 14.9. The molecule has 2 fully saturated rings. The number of ether oxygens (including phenoxy) is 1. The van der Waals surface area contributed by atoms with E-state index in [9.17, 15) is 36.1 Å². The van der Waals surface area contributed by atoms with Crippen molar-refractivity contribution in [2.45, 2.75) is 50.2 Å². The Balaban J connectivity index is 2.09. The van der Waals surface area contributed by atoms with Crippen molar-refractivity contribution in [2.24, 2.45) is 0 Å². The lowest BCUT2D eigenvalue weighted by molar-refractivity contribution is -0.209. The topological polar surface area (TPSA) is 109 Å². The number of aromatic nitrogens is 2. The van der Waals surface area contributed by atoms with Crippen LogP contribution in [0, 0.1) is 5.82 Å². The molecule has 28 heavy (non-hydrogen) atoms. The maximum Gasteiger partial charge on any atom is 0.475 e. The SMILES string of the molecule is CC(C)OP1(=O)OC[C@@]2(C(F)F)O[C@@H](n3cc(F)c(=O)[nH]c3=O)C(F)(F)[C@@H]2O1. The molecule has 0 bridgehead atoms. The zero-order valence-electron chi connectivity index (χ0n) is 14.2. The van der Waals surface area contributed by atoms with Gasteiger partial charge in [-0.25, -0.2) is 18.1 Å². The van der Waals surface area contributed by atoms with Crippen LogP contribution in [-0.4, -0.2) is 46.3 Å². The number of fused-ring (bicyclic) bond motifs is 1. The van der Waals surface area contributed by atoms with Crippen LogP contribution in [0.5, 0.6) is 0 Å². The molecule has 1 aromatic rings. The summed E-state index contributed by atoms with van der Waals surface area (Å²) in [6.07, 6.45) is -10.0. The third-order valence-electron chi connectivity index (χ3n) is 4.02. The third-order valence-corrected chi connectivity index (χ3v) is 5.62. The van der Waals surface area contributed by atoms with Gasteiger partial charge in [0.15, 0.2) is 11.7 Å². The Labute approximate surface area is 153 Å². The quantitative estimate of drug-likeness (QED) is 0.566. The molecule has 2 aliphatic rings. The maximum atomic E-state index is 14.9. The number of H-pyrrole nitrogens is 1. The summed E-state index contributed by atoms with van der Waals surface area (Å²) in [6, 6.07) is 0. The van der Waals surface area contributed by atoms with Crippen LogP contribution >= 0.6 is 7.82 Å². The fraction of sp³-hybridized carbons (Fsp3) is 0.692. The first-order valence-corrected chi connectivity index (χ1v) is 9.24. The van der Waals surface area contributed by atoms with Gasteiger partial charge in [-0.15, -0.1) is 0 Å². The average Bonchev–Trinajstić information content (AvgIpc) is 2.79. The van der Waals surface area contributed by atoms with Crippen LogP contribution in [0.2, 0.25) is 0 Å². The van der Waals surface area contributed by atoms with Crippen molar-refractivity contribution in [2.75, 3.05) is 6.61 Å². The number of nitrogens with zero attached hydrogens (tertiary/aromatic N) is 1. The standard InChI is InChI=1S/C13H14F5N2O7P/c1-5(2)26-28(23)24-4-12(9(15)16)8(27-28)13(17,18)10(25-12)20-3-6(14)7(21)19-11(20)22/h3,5,8-10H,4H2,1-2H3,(H,19,21,22)/t8-,10-,12-,28?/m1/s1. The highest BCUT2D eigenvalue weighted by Crippen LogP contribution is 2.64. The molecule has 4 atom stereocenters. The first-order chi connectivity index (χ1) is 12.8. The highest BCUT2D eigenvalue weighted by atomic mass is 31.2. The molecule has 1 unspecified atom stereocenters. The normalized spacial score (nSPS) is 34.8. The minimum Gasteiger partial charge on any atom is -0.333 e. The van der Waals surface area contributed by atoms with Gasteiger partial charge in [0.05, 0.1) is 18.9 Å². The van der Waals surface area contributed by atoms with Crippen molar-refractivity contribution in [3.05, 3.63) is 32.9 Å². The van der Waals surface area contributed by atoms with Gasteiger partial charge < -0.3 is 4.74 Å². The van der Waals surface area contributed by atoms with Crippen molar-refractivity contribution >= 4 is 7.82 Å². The van der Waals surface area contributed by atoms with Crippen molar-refractivity contribution < 1.29 is 44.8 Å². The van der Waals surface area contributed by atoms with E-state index in [1.54, 1.807) is 0 Å². The van der Waals surface area contributed by atoms with E-state index in [0.717, 1.165) is 0 Å². The van der Waals surface area contributed by atoms with Crippen LogP contribution in [0.1, 0.15) is 20.1 Å². The summed E-state index contributed by atoms with van der Waals surface area (Å²) in [5, 5.41) is 0. The van der Waals surface area contributed by atoms with Crippen molar-refractivity contribution in [3.8, 4) is 0 Å². The van der Waals surface area contributed by atoms with E-state index in [2.05, 4.69) is 9.05 Å². The molecule has 1 aromatic heterocycles. The van der Waals surface area contributed by atoms with E-state index >= 15 is 0 Å². The van der Waals surface area contributed by atoms with Gasteiger partial charge in [-0.1, -0.05) is 0 Å². The second-order valence-electron chi connectivity index (χ2n) is 6.40. The molecular formula is C13H14F5N2O7P. The molecule has 1 N–H and O–H groups in total. The zero-order chi connectivity index (χ0) is 21.1. The summed E-state index contributed by atoms with van der Waals surface area (Å²) in [6.45, 7) is 1.43. The number of phosphoric acid groups is 1. The molecule has 0 aliphatic carbocycles. The van der Waals surface area contributed by atoms with Crippen LogP contribution < -0.4 is 11.2 Å². The van der Waals surface area contributed by atoms with Gasteiger partial charge in [0.25, 0.3) is 12.0 Å². The molecule has 3 rings (SSSR count). The number of nitrogens with one attached hydrogen (secondary N) is 1. The molecule has 9 nitrogen and oxygen atoms in total. The average molecular weight is 436 g/mol. The number of aromatic amines is 1. The molecule has 158 valence electrons. The predicted molar refractivity (Wildman–Crippen MR) is 79.7 cm³/mol. The second kappa shape index (κ2) is 6.73. The molecule has 0 radical (unpaired) electrons. The molecule has 0 saturated carbocycles. The largest absolute Gasteiger partial charge is 0.475 e. The minimum atomic E-state index is -4.66. The second-order valence-corrected chi connectivity index (χ2v) is 7.98. The molecular weight excluding hydrogens is 422 g/mol. The smallest absolute Gasteiger partial charge is 0.333 e. The summed E-state index contributed by atoms with van der Waals surface area (Å²) in [7, 11) is -4.66. The summed E-state index contributed by atoms with van der Waals surface area (Å²) < 4.78 is 102. The lowest BCUT2D eigenvalue weighted by Gasteiger charge is -2.39. The van der Waals surface area contributed by atoms with Crippen LogP contribution in [-0.2, 0) is 22.9 Å². The summed E-state index contributed by atoms with van der Waals surface area (Å²) >= 11 is 0. The fourth-order valence-corrected chi connectivity index (χ4v) is 4.46. The van der Waals surface area contributed by atoms with E-state index in [1.807, 2.05) is 0 Å². The third kappa shape index (κ3) is 3.22. The van der Waals surface area contributed by atoms with Crippen molar-refractivity contribution in [3.63, 3.8) is 0 Å². The van der Waals surface area contributed by atoms with Gasteiger partial charge in [-0.2, -0.15) is 13.2 Å². The van der Waals surface area contributed by atoms with E-state index < -0.39 is 67.9 Å². The number of hydrogen-bond donors (Lipinski definition) is 1. The zero-order valence-corrected chi connectivity index (χ0v) is 15.1. The van der Waals surface area contributed by atoms with Crippen molar-refractivity contribution in [1.29, 1.82) is 0 Å². The molecule has 0 aromatic carbocycles. The van der Waals surface area contributed by atoms with Crippen LogP contribution in [0.15, 0.2) is 15.8 Å². The molecule has 3 heterocycles. The molecule has 0 spiro atoms. The summed E-state index contributed by atoms with van der Waals surface area (Å²) in [5.41, 5.74) is -6.17. The van der Waals surface area contributed by atoms with Crippen LogP contribution in [0.25, 0.3) is 0 Å². The van der Waals surface area contributed by atoms with E-state index in [1.165, 1.54) is 18.8 Å². The Kier molecular flexibility index (Phi) is 5.08. The highest BCUT2D eigenvalue weighted by Gasteiger charge is 2.75. The summed E-state index contributed by atoms with van der Waals surface area (Å²) in [4.78, 5) is 24.3. The Hall–Kier alpha value is -1.60. The molecule has 15 heteroatoms. The summed E-state index contributed by atoms with van der Waals surface area (Å²) in [5.74, 6) is -6.05. The fourth-order valence-electron chi connectivity index (χ4n) is 2.83. The van der Waals surface area contributed by atoms with Gasteiger partial charge >= 0.3 is 19.4 Å². The molecule has 2 saturated heterocycles. The van der Waals surface area contributed by atoms with Gasteiger partial charge in [0, 0.05) is 0 Å². The number of phosphoric ester groups is 1. The predicted octanol–water partition coefficient (Wildman–Crippen LogP) is 1.79. The van der Waals surface area contributed by atoms with Gasteiger partial charge in [0.2, 0.25) is 12.0 Å². The number of alkyl halides is 4. The Morgan fingerprint density at radius 3 is 2.57 bits per heavy atom. The number of hydrogen-bond acceptors (Lipinski definition) is 7. The van der Waals surface area contributed by atoms with Gasteiger partial charge in [-0.3, -0.25) is 27.9 Å². The lowest BCUT2D eigenvalue weighted by atomic mass is 9.96. The Morgan fingerprint density at radius 1 is 1.36 bits per heavy atom. The monoisotopic (exact) mass is 436 g/mol. The Morgan fingerprint density at radius 2 is 2.00 bits per heavy atom. The highest BCUT2D eigenvalue weighted by molar-refractivity contribution is 7.48. The van der Waals surface area contributed by atoms with Gasteiger partial charge in [-0.05, 0) is 13.8 Å². The first kappa shape index (κ1) is 21.1. The molecule has 2 aliphatic heterocycles. The van der Waals surface area contributed by atoms with Crippen LogP contribution in [0.4, 0.5) is 22.0 Å². The van der Waals surface area contributed by atoms with Crippen LogP contribution in [0.3, 0.4) is 0 Å². The number of rotatable bonds is 4. The van der Waals surface area contributed by atoms with Gasteiger partial charge in [0.1, 0.15) is 0 Å². The first-order valence-electron chi connectivity index (χ1n) is 7.78. The minimum absolute atomic E-state index is 0.0846. The molecule has 0 amide bonds. The van der Waals surface area contributed by atoms with E-state index in [4.69, 9.17) is 9.26 Å². The van der Waals surface area contributed by atoms with E-state index in [-0.39, 0.29) is 10.8 Å². The number of halogens is 5. The Bertz CT molecular complexity index is 935. The van der Waals surface area contributed by atoms with Crippen molar-refractivity contribution in [1.82, 2.24) is 9.55 Å². The van der Waals surface area contributed by atoms with E-state index in [0.29, 0.717) is 0 Å². The lowest BCUT2D eigenvalue weighted by Crippen LogP contribution is -2.57.